The van der Waals surface area contributed by atoms with Gasteiger partial charge in [-0.15, -0.1) is 0 Å². The summed E-state index contributed by atoms with van der Waals surface area (Å²) in [6.07, 6.45) is 6.16. The molecule has 198 valence electrons. The van der Waals surface area contributed by atoms with Crippen molar-refractivity contribution in [2.75, 3.05) is 10.2 Å². The van der Waals surface area contributed by atoms with Crippen molar-refractivity contribution in [3.8, 4) is 6.07 Å². The second kappa shape index (κ2) is 13.0. The van der Waals surface area contributed by atoms with Crippen molar-refractivity contribution >= 4 is 29.3 Å². The van der Waals surface area contributed by atoms with Crippen LogP contribution in [0.3, 0.4) is 0 Å². The number of urea groups is 1. The lowest BCUT2D eigenvalue weighted by Gasteiger charge is -2.26. The molecule has 0 saturated heterocycles. The second-order valence-corrected chi connectivity index (χ2v) is 9.37. The summed E-state index contributed by atoms with van der Waals surface area (Å²) in [6, 6.07) is 23.4. The van der Waals surface area contributed by atoms with E-state index in [1.165, 1.54) is 37.7 Å². The number of nitrogens with zero attached hydrogens (tertiary/aromatic N) is 4. The van der Waals surface area contributed by atoms with E-state index in [0.29, 0.717) is 22.7 Å². The molecule has 1 aliphatic rings. The molecule has 0 spiro atoms. The maximum absolute atomic E-state index is 13.5. The Labute approximate surface area is 227 Å². The van der Waals surface area contributed by atoms with Gasteiger partial charge in [0.05, 0.1) is 18.2 Å². The van der Waals surface area contributed by atoms with Crippen molar-refractivity contribution in [3.05, 3.63) is 95.1 Å². The predicted molar refractivity (Wildman–Crippen MR) is 149 cm³/mol. The van der Waals surface area contributed by atoms with Crippen molar-refractivity contribution in [2.45, 2.75) is 44.6 Å². The molecule has 1 saturated carbocycles. The number of hydrogen-bond acceptors (Lipinski definition) is 5. The summed E-state index contributed by atoms with van der Waals surface area (Å²) >= 11 is 0. The van der Waals surface area contributed by atoms with E-state index in [4.69, 9.17) is 11.3 Å². The monoisotopic (exact) mass is 522 g/mol. The highest BCUT2D eigenvalue weighted by molar-refractivity contribution is 6.05. The first-order valence-electron chi connectivity index (χ1n) is 12.8. The minimum absolute atomic E-state index is 0.246. The Morgan fingerprint density at radius 2 is 1.74 bits per heavy atom. The molecule has 0 aromatic heterocycles. The lowest BCUT2D eigenvalue weighted by atomic mass is 9.84. The van der Waals surface area contributed by atoms with Gasteiger partial charge in [-0.05, 0) is 77.6 Å². The van der Waals surface area contributed by atoms with Gasteiger partial charge in [0.15, 0.2) is 0 Å². The van der Waals surface area contributed by atoms with E-state index in [1.54, 1.807) is 53.4 Å². The lowest BCUT2D eigenvalue weighted by Crippen LogP contribution is -2.36. The molecule has 0 heterocycles. The zero-order valence-corrected chi connectivity index (χ0v) is 21.4. The summed E-state index contributed by atoms with van der Waals surface area (Å²) in [5.74, 6) is -0.216. The highest BCUT2D eigenvalue weighted by Gasteiger charge is 2.20. The predicted octanol–water partition coefficient (Wildman–Crippen LogP) is 5.84. The number of nitrogens with one attached hydrogen (secondary N) is 3. The largest absolute Gasteiger partial charge is 0.368 e. The van der Waals surface area contributed by atoms with E-state index in [-0.39, 0.29) is 18.5 Å². The molecule has 3 amide bonds. The molecule has 0 bridgehead atoms. The van der Waals surface area contributed by atoms with E-state index >= 15 is 0 Å². The minimum atomic E-state index is -0.489. The molecular weight excluding hydrogens is 492 g/mol. The summed E-state index contributed by atoms with van der Waals surface area (Å²) in [4.78, 5) is 27.4. The van der Waals surface area contributed by atoms with Crippen molar-refractivity contribution in [1.29, 1.82) is 10.8 Å². The Kier molecular flexibility index (Phi) is 8.98. The number of hydrogen-bond donors (Lipinski definition) is 4. The summed E-state index contributed by atoms with van der Waals surface area (Å²) < 4.78 is 0. The average molecular weight is 523 g/mol. The van der Waals surface area contributed by atoms with Crippen LogP contribution in [0.1, 0.15) is 65.1 Å². The van der Waals surface area contributed by atoms with Crippen LogP contribution in [0.5, 0.6) is 0 Å². The van der Waals surface area contributed by atoms with Crippen molar-refractivity contribution in [1.82, 2.24) is 5.32 Å². The highest BCUT2D eigenvalue weighted by atomic mass is 16.2. The molecule has 4 rings (SSSR count). The minimum Gasteiger partial charge on any atom is -0.368 e. The van der Waals surface area contributed by atoms with Crippen LogP contribution in [-0.4, -0.2) is 17.9 Å². The SMILES string of the molecule is N#Cc1cccc(NC(=O)N(Cc2ccc(C(=O)NC(N)=NN=N)cc2)c2ccc(C3CCCCC3)cc2)c1. The molecule has 10 nitrogen and oxygen atoms in total. The number of guanidine groups is 1. The van der Waals surface area contributed by atoms with E-state index in [1.807, 2.05) is 12.1 Å². The molecule has 10 heteroatoms. The van der Waals surface area contributed by atoms with E-state index < -0.39 is 5.91 Å². The topological polar surface area (TPSA) is 160 Å². The van der Waals surface area contributed by atoms with Crippen LogP contribution in [0.4, 0.5) is 16.2 Å². The van der Waals surface area contributed by atoms with E-state index in [9.17, 15) is 14.9 Å². The Morgan fingerprint density at radius 3 is 2.41 bits per heavy atom. The molecule has 0 unspecified atom stereocenters. The van der Waals surface area contributed by atoms with Crippen LogP contribution in [0, 0.1) is 16.9 Å². The molecule has 0 atom stereocenters. The quantitative estimate of drug-likeness (QED) is 0.133. The van der Waals surface area contributed by atoms with Gasteiger partial charge in [0, 0.05) is 16.9 Å². The van der Waals surface area contributed by atoms with E-state index in [0.717, 1.165) is 11.3 Å². The second-order valence-electron chi connectivity index (χ2n) is 9.37. The summed E-state index contributed by atoms with van der Waals surface area (Å²) in [5.41, 5.74) is 16.3. The fourth-order valence-electron chi connectivity index (χ4n) is 4.71. The van der Waals surface area contributed by atoms with Gasteiger partial charge in [-0.1, -0.05) is 54.7 Å². The molecule has 3 aromatic carbocycles. The van der Waals surface area contributed by atoms with Gasteiger partial charge < -0.3 is 11.1 Å². The zero-order chi connectivity index (χ0) is 27.6. The molecular formula is C29H30N8O2. The third-order valence-corrected chi connectivity index (χ3v) is 6.73. The Bertz CT molecular complexity index is 1390. The normalized spacial score (nSPS) is 13.7. The first kappa shape index (κ1) is 27.0. The number of benzene rings is 3. The van der Waals surface area contributed by atoms with Crippen LogP contribution in [0.2, 0.25) is 0 Å². The molecule has 0 radical (unpaired) electrons. The van der Waals surface area contributed by atoms with Gasteiger partial charge in [0.1, 0.15) is 0 Å². The first-order valence-corrected chi connectivity index (χ1v) is 12.8. The molecule has 39 heavy (non-hydrogen) atoms. The fraction of sp³-hybridized carbons (Fsp3) is 0.241. The summed E-state index contributed by atoms with van der Waals surface area (Å²) in [6.45, 7) is 0.246. The van der Waals surface area contributed by atoms with Crippen LogP contribution in [-0.2, 0) is 6.54 Å². The van der Waals surface area contributed by atoms with Crippen molar-refractivity contribution < 1.29 is 9.59 Å². The van der Waals surface area contributed by atoms with Gasteiger partial charge in [0.25, 0.3) is 5.91 Å². The number of amides is 3. The van der Waals surface area contributed by atoms with E-state index in [2.05, 4.69) is 39.2 Å². The van der Waals surface area contributed by atoms with Crippen LogP contribution >= 0.6 is 0 Å². The molecule has 1 aliphatic carbocycles. The third-order valence-electron chi connectivity index (χ3n) is 6.73. The maximum Gasteiger partial charge on any atom is 0.326 e. The fourth-order valence-corrected chi connectivity index (χ4v) is 4.71. The Hall–Kier alpha value is -5.04. The van der Waals surface area contributed by atoms with Crippen LogP contribution in [0.15, 0.2) is 83.1 Å². The number of nitriles is 1. The number of rotatable bonds is 7. The average Bonchev–Trinajstić information content (AvgIpc) is 2.97. The third kappa shape index (κ3) is 7.26. The molecule has 0 aliphatic heterocycles. The van der Waals surface area contributed by atoms with Gasteiger partial charge in [-0.2, -0.15) is 10.8 Å². The highest BCUT2D eigenvalue weighted by Crippen LogP contribution is 2.33. The van der Waals surface area contributed by atoms with Crippen LogP contribution in [0.25, 0.3) is 0 Å². The Morgan fingerprint density at radius 1 is 1.03 bits per heavy atom. The standard InChI is InChI=1S/C29H30N8O2/c30-18-21-5-4-8-25(17-21)33-29(39)37(26-15-13-23(14-16-26)22-6-2-1-3-7-22)19-20-9-11-24(12-10-20)27(38)34-28(31)35-36-32/h4-5,8-17,22H,1-3,6-7,19H2,(H,33,39)(H4,31,32,34,35,38). The van der Waals surface area contributed by atoms with Gasteiger partial charge in [-0.3, -0.25) is 15.0 Å². The molecule has 3 aromatic rings. The van der Waals surface area contributed by atoms with Crippen molar-refractivity contribution in [2.24, 2.45) is 16.1 Å². The lowest BCUT2D eigenvalue weighted by molar-refractivity contribution is 0.0976. The number of anilines is 2. The molecule has 1 fully saturated rings. The van der Waals surface area contributed by atoms with Gasteiger partial charge in [0.2, 0.25) is 5.96 Å². The van der Waals surface area contributed by atoms with Crippen molar-refractivity contribution in [3.63, 3.8) is 0 Å². The zero-order valence-electron chi connectivity index (χ0n) is 21.4. The van der Waals surface area contributed by atoms with Gasteiger partial charge in [-0.25, -0.2) is 4.79 Å². The number of carbonyl (C=O) groups is 2. The smallest absolute Gasteiger partial charge is 0.326 e. The maximum atomic E-state index is 13.5. The van der Waals surface area contributed by atoms with Gasteiger partial charge >= 0.3 is 6.03 Å². The molecule has 5 N–H and O–H groups in total. The first-order chi connectivity index (χ1) is 19.0. The van der Waals surface area contributed by atoms with Crippen LogP contribution < -0.4 is 21.3 Å². The summed E-state index contributed by atoms with van der Waals surface area (Å²) in [5, 5.41) is 20.5. The summed E-state index contributed by atoms with van der Waals surface area (Å²) in [7, 11) is 0. The number of carbonyl (C=O) groups excluding carboxylic acids is 2. The Balaban J connectivity index is 1.55. The number of nitrogens with two attached hydrogens (primary N) is 1.